The van der Waals surface area contributed by atoms with Crippen molar-refractivity contribution in [3.05, 3.63) is 64.8 Å². The summed E-state index contributed by atoms with van der Waals surface area (Å²) < 4.78 is 12.1. The molecule has 4 aromatic rings. The van der Waals surface area contributed by atoms with E-state index < -0.39 is 0 Å². The second kappa shape index (κ2) is 7.50. The number of hydrogen-bond acceptors (Lipinski definition) is 5. The Kier molecular flexibility index (Phi) is 4.99. The highest BCUT2D eigenvalue weighted by Crippen LogP contribution is 2.32. The number of rotatable bonds is 4. The van der Waals surface area contributed by atoms with Crippen LogP contribution in [0.25, 0.3) is 17.0 Å². The molecule has 154 valence electrons. The summed E-state index contributed by atoms with van der Waals surface area (Å²) >= 11 is 6.49. The molecule has 0 unspecified atom stereocenters. The Morgan fingerprint density at radius 2 is 1.63 bits per heavy atom. The van der Waals surface area contributed by atoms with E-state index in [9.17, 15) is 4.79 Å². The maximum atomic E-state index is 11.5. The third kappa shape index (κ3) is 3.76. The maximum absolute atomic E-state index is 11.5. The van der Waals surface area contributed by atoms with E-state index in [-0.39, 0.29) is 11.4 Å². The highest BCUT2D eigenvalue weighted by molar-refractivity contribution is 6.34. The number of hydrogen-bond donors (Lipinski definition) is 1. The monoisotopic (exact) mass is 424 g/mol. The molecule has 0 spiro atoms. The van der Waals surface area contributed by atoms with E-state index in [0.29, 0.717) is 33.6 Å². The molecule has 0 aliphatic heterocycles. The molecule has 2 aromatic carbocycles. The Balaban J connectivity index is 1.53. The van der Waals surface area contributed by atoms with Crippen molar-refractivity contribution in [2.45, 2.75) is 26.2 Å². The number of ether oxygens (including phenoxy) is 2. The summed E-state index contributed by atoms with van der Waals surface area (Å²) in [6.07, 6.45) is 0. The predicted octanol–water partition coefficient (Wildman–Crippen LogP) is 5.25. The fraction of sp³-hybridized carbons (Fsp3) is 0.227. The molecule has 0 aliphatic carbocycles. The first-order chi connectivity index (χ1) is 14.3. The summed E-state index contributed by atoms with van der Waals surface area (Å²) in [7, 11) is 1.35. The third-order valence-corrected chi connectivity index (χ3v) is 4.97. The summed E-state index contributed by atoms with van der Waals surface area (Å²) in [5.74, 6) is 1.45. The molecule has 0 atom stereocenters. The van der Waals surface area contributed by atoms with E-state index in [0.717, 1.165) is 11.3 Å². The number of H-pyrrole nitrogens is 1. The average Bonchev–Trinajstić information content (AvgIpc) is 3.28. The maximum Gasteiger partial charge on any atom is 0.337 e. The molecular formula is C22H21ClN4O3. The Morgan fingerprint density at radius 3 is 2.17 bits per heavy atom. The van der Waals surface area contributed by atoms with Crippen LogP contribution in [0.5, 0.6) is 11.5 Å². The quantitative estimate of drug-likeness (QED) is 0.452. The molecule has 4 rings (SSSR count). The number of aromatic amines is 1. The second-order valence-electron chi connectivity index (χ2n) is 7.86. The lowest BCUT2D eigenvalue weighted by atomic mass is 9.92. The van der Waals surface area contributed by atoms with Gasteiger partial charge in [-0.25, -0.2) is 9.78 Å². The molecule has 0 amide bonds. The van der Waals surface area contributed by atoms with Gasteiger partial charge in [0.15, 0.2) is 11.5 Å². The summed E-state index contributed by atoms with van der Waals surface area (Å²) in [5, 5.41) is 8.30. The van der Waals surface area contributed by atoms with E-state index in [1.807, 2.05) is 24.3 Å². The zero-order valence-electron chi connectivity index (χ0n) is 17.1. The van der Waals surface area contributed by atoms with Crippen molar-refractivity contribution in [1.29, 1.82) is 0 Å². The van der Waals surface area contributed by atoms with E-state index in [2.05, 4.69) is 36.0 Å². The minimum Gasteiger partial charge on any atom is -0.465 e. The number of nitrogens with one attached hydrogen (secondary N) is 1. The molecule has 0 saturated carbocycles. The van der Waals surface area contributed by atoms with Crippen molar-refractivity contribution in [3.8, 4) is 22.9 Å². The standard InChI is InChI=1S/C22H21ClN4O3/c1-22(2,3)18-17(23)20-24-19(26-27(20)25-18)13-5-9-15(10-6-13)30-16-11-7-14(8-12-16)21(28)29-4/h5-12,25H,1-4H3. The fourth-order valence-corrected chi connectivity index (χ4v) is 3.45. The lowest BCUT2D eigenvalue weighted by molar-refractivity contribution is 0.0600. The first-order valence-corrected chi connectivity index (χ1v) is 9.75. The smallest absolute Gasteiger partial charge is 0.337 e. The van der Waals surface area contributed by atoms with Crippen molar-refractivity contribution in [3.63, 3.8) is 0 Å². The zero-order chi connectivity index (χ0) is 21.5. The minimum atomic E-state index is -0.385. The summed E-state index contributed by atoms with van der Waals surface area (Å²) in [5.41, 5.74) is 2.67. The third-order valence-electron chi connectivity index (χ3n) is 4.61. The van der Waals surface area contributed by atoms with Gasteiger partial charge in [0.2, 0.25) is 0 Å². The Labute approximate surface area is 178 Å². The van der Waals surface area contributed by atoms with E-state index in [1.165, 1.54) is 7.11 Å². The van der Waals surface area contributed by atoms with Crippen molar-refractivity contribution >= 4 is 23.2 Å². The van der Waals surface area contributed by atoms with Gasteiger partial charge in [0.1, 0.15) is 16.5 Å². The van der Waals surface area contributed by atoms with Gasteiger partial charge in [-0.2, -0.15) is 4.63 Å². The first kappa shape index (κ1) is 20.0. The number of aromatic nitrogens is 4. The van der Waals surface area contributed by atoms with Gasteiger partial charge >= 0.3 is 5.97 Å². The molecule has 7 nitrogen and oxygen atoms in total. The molecular weight excluding hydrogens is 404 g/mol. The molecule has 0 aliphatic rings. The van der Waals surface area contributed by atoms with Crippen LogP contribution in [-0.2, 0) is 10.2 Å². The molecule has 0 fully saturated rings. The van der Waals surface area contributed by atoms with Gasteiger partial charge in [-0.15, -0.1) is 5.10 Å². The molecule has 0 radical (unpaired) electrons. The van der Waals surface area contributed by atoms with Crippen LogP contribution in [0, 0.1) is 0 Å². The van der Waals surface area contributed by atoms with Crippen LogP contribution in [0.2, 0.25) is 5.02 Å². The lowest BCUT2D eigenvalue weighted by Crippen LogP contribution is -2.12. The second-order valence-corrected chi connectivity index (χ2v) is 8.24. The number of halogens is 1. The fourth-order valence-electron chi connectivity index (χ4n) is 3.00. The van der Waals surface area contributed by atoms with E-state index in [1.54, 1.807) is 28.9 Å². The highest BCUT2D eigenvalue weighted by Gasteiger charge is 2.24. The first-order valence-electron chi connectivity index (χ1n) is 9.37. The minimum absolute atomic E-state index is 0.131. The lowest BCUT2D eigenvalue weighted by Gasteiger charge is -2.16. The number of methoxy groups -OCH3 is 1. The number of nitrogens with zero attached hydrogens (tertiary/aromatic N) is 3. The van der Waals surface area contributed by atoms with Crippen LogP contribution < -0.4 is 4.74 Å². The summed E-state index contributed by atoms with van der Waals surface area (Å²) in [6.45, 7) is 6.23. The van der Waals surface area contributed by atoms with Crippen molar-refractivity contribution in [1.82, 2.24) is 19.8 Å². The number of carbonyl (C=O) groups is 1. The van der Waals surface area contributed by atoms with E-state index >= 15 is 0 Å². The van der Waals surface area contributed by atoms with Gasteiger partial charge in [0.05, 0.1) is 18.4 Å². The molecule has 30 heavy (non-hydrogen) atoms. The number of esters is 1. The van der Waals surface area contributed by atoms with Gasteiger partial charge in [0.25, 0.3) is 0 Å². The summed E-state index contributed by atoms with van der Waals surface area (Å²) in [4.78, 5) is 16.1. The topological polar surface area (TPSA) is 81.5 Å². The molecule has 1 N–H and O–H groups in total. The van der Waals surface area contributed by atoms with Crippen LogP contribution in [0.1, 0.15) is 36.8 Å². The predicted molar refractivity (Wildman–Crippen MR) is 114 cm³/mol. The largest absolute Gasteiger partial charge is 0.465 e. The van der Waals surface area contributed by atoms with Gasteiger partial charge in [-0.05, 0) is 48.5 Å². The van der Waals surface area contributed by atoms with Crippen LogP contribution in [-0.4, -0.2) is 32.9 Å². The Bertz CT molecular complexity index is 1200. The van der Waals surface area contributed by atoms with Crippen LogP contribution in [0.4, 0.5) is 0 Å². The molecule has 0 bridgehead atoms. The Hall–Kier alpha value is -3.32. The zero-order valence-corrected chi connectivity index (χ0v) is 17.8. The van der Waals surface area contributed by atoms with Gasteiger partial charge in [0, 0.05) is 11.0 Å². The number of benzene rings is 2. The molecule has 2 heterocycles. The number of fused-ring (bicyclic) bond motifs is 1. The molecule has 0 saturated heterocycles. The molecule has 2 aromatic heterocycles. The van der Waals surface area contributed by atoms with Crippen molar-refractivity contribution in [2.24, 2.45) is 0 Å². The van der Waals surface area contributed by atoms with Gasteiger partial charge in [-0.1, -0.05) is 32.4 Å². The van der Waals surface area contributed by atoms with Gasteiger partial charge in [-0.3, -0.25) is 5.10 Å². The van der Waals surface area contributed by atoms with Crippen molar-refractivity contribution < 1.29 is 14.3 Å². The van der Waals surface area contributed by atoms with E-state index in [4.69, 9.17) is 21.1 Å². The van der Waals surface area contributed by atoms with Gasteiger partial charge < -0.3 is 9.47 Å². The van der Waals surface area contributed by atoms with Crippen LogP contribution in [0.15, 0.2) is 48.5 Å². The SMILES string of the molecule is COC(=O)c1ccc(Oc2ccc(-c3nc4c(Cl)c(C(C)(C)C)[nH]n4n3)cc2)cc1. The van der Waals surface area contributed by atoms with Crippen LogP contribution in [0.3, 0.4) is 0 Å². The number of carbonyl (C=O) groups excluding carboxylic acids is 1. The van der Waals surface area contributed by atoms with Crippen LogP contribution >= 0.6 is 11.6 Å². The van der Waals surface area contributed by atoms with Crippen molar-refractivity contribution in [2.75, 3.05) is 7.11 Å². The summed E-state index contributed by atoms with van der Waals surface area (Å²) in [6, 6.07) is 14.2. The molecule has 8 heteroatoms. The highest BCUT2D eigenvalue weighted by atomic mass is 35.5. The average molecular weight is 425 g/mol. The normalized spacial score (nSPS) is 11.6. The Morgan fingerprint density at radius 1 is 1.03 bits per heavy atom.